The molecule has 0 bridgehead atoms. The molecule has 0 spiro atoms. The first kappa shape index (κ1) is 12.8. The highest BCUT2D eigenvalue weighted by molar-refractivity contribution is 4.67. The molecule has 0 aromatic carbocycles. The summed E-state index contributed by atoms with van der Waals surface area (Å²) in [6.45, 7) is 5.48. The van der Waals surface area contributed by atoms with Crippen LogP contribution in [0.5, 0.6) is 0 Å². The van der Waals surface area contributed by atoms with Crippen LogP contribution in [0.1, 0.15) is 20.3 Å². The maximum atomic E-state index is 8.78. The van der Waals surface area contributed by atoms with Gasteiger partial charge in [0.25, 0.3) is 0 Å². The average Bonchev–Trinajstić information content (AvgIpc) is 2.89. The Bertz CT molecular complexity index is 104. The molecule has 1 heterocycles. The molecule has 0 amide bonds. The third-order valence-electron chi connectivity index (χ3n) is 1.23. The lowest BCUT2D eigenvalue weighted by molar-refractivity contribution is 0.00216. The second-order valence-electron chi connectivity index (χ2n) is 3.04. The zero-order valence-corrected chi connectivity index (χ0v) is 8.40. The SMILES string of the molecule is CCC.OCC(O)COCC1CO1. The molecular formula is C9H20O4. The molecule has 1 aliphatic heterocycles. The average molecular weight is 192 g/mol. The van der Waals surface area contributed by atoms with Gasteiger partial charge in [0, 0.05) is 0 Å². The minimum atomic E-state index is -0.751. The lowest BCUT2D eigenvalue weighted by Gasteiger charge is -2.05. The van der Waals surface area contributed by atoms with Crippen LogP contribution in [0, 0.1) is 0 Å². The van der Waals surface area contributed by atoms with Crippen molar-refractivity contribution in [1.29, 1.82) is 0 Å². The van der Waals surface area contributed by atoms with Crippen LogP contribution in [0.4, 0.5) is 0 Å². The van der Waals surface area contributed by atoms with Crippen LogP contribution < -0.4 is 0 Å². The van der Waals surface area contributed by atoms with Gasteiger partial charge in [-0.1, -0.05) is 20.3 Å². The number of aliphatic hydroxyl groups is 2. The van der Waals surface area contributed by atoms with Crippen molar-refractivity contribution in [2.24, 2.45) is 0 Å². The summed E-state index contributed by atoms with van der Waals surface area (Å²) in [5.74, 6) is 0. The summed E-state index contributed by atoms with van der Waals surface area (Å²) in [5, 5.41) is 17.1. The maximum absolute atomic E-state index is 8.78. The normalized spacial score (nSPS) is 21.7. The number of ether oxygens (including phenoxy) is 2. The van der Waals surface area contributed by atoms with Gasteiger partial charge in [-0.05, 0) is 0 Å². The first-order chi connectivity index (χ1) is 6.24. The maximum Gasteiger partial charge on any atom is 0.104 e. The monoisotopic (exact) mass is 192 g/mol. The number of hydrogen-bond acceptors (Lipinski definition) is 4. The Morgan fingerprint density at radius 3 is 2.46 bits per heavy atom. The van der Waals surface area contributed by atoms with E-state index in [1.807, 2.05) is 0 Å². The zero-order chi connectivity index (χ0) is 10.1. The van der Waals surface area contributed by atoms with E-state index in [0.29, 0.717) is 6.61 Å². The molecule has 0 aromatic rings. The highest BCUT2D eigenvalue weighted by Gasteiger charge is 2.22. The predicted octanol–water partition coefficient (Wildman–Crippen LogP) is 0.171. The molecule has 0 saturated carbocycles. The van der Waals surface area contributed by atoms with Crippen LogP contribution in [0.25, 0.3) is 0 Å². The van der Waals surface area contributed by atoms with Gasteiger partial charge in [0.1, 0.15) is 12.2 Å². The fraction of sp³-hybridized carbons (Fsp3) is 1.00. The second kappa shape index (κ2) is 8.44. The molecule has 13 heavy (non-hydrogen) atoms. The molecule has 2 N–H and O–H groups in total. The fourth-order valence-electron chi connectivity index (χ4n) is 0.552. The van der Waals surface area contributed by atoms with Gasteiger partial charge in [-0.25, -0.2) is 0 Å². The van der Waals surface area contributed by atoms with E-state index in [9.17, 15) is 0 Å². The van der Waals surface area contributed by atoms with Gasteiger partial charge in [0.05, 0.1) is 26.4 Å². The third kappa shape index (κ3) is 9.76. The smallest absolute Gasteiger partial charge is 0.104 e. The molecule has 1 rings (SSSR count). The van der Waals surface area contributed by atoms with Crippen molar-refractivity contribution in [2.45, 2.75) is 32.5 Å². The standard InChI is InChI=1S/C6H12O4.C3H8/c7-1-5(8)2-9-3-6-4-10-6;1-3-2/h5-8H,1-4H2;3H2,1-2H3. The largest absolute Gasteiger partial charge is 0.394 e. The number of rotatable bonds is 5. The fourth-order valence-corrected chi connectivity index (χ4v) is 0.552. The van der Waals surface area contributed by atoms with Crippen molar-refractivity contribution in [3.05, 3.63) is 0 Å². The molecular weight excluding hydrogens is 172 g/mol. The molecule has 4 heteroatoms. The van der Waals surface area contributed by atoms with Gasteiger partial charge < -0.3 is 19.7 Å². The number of aliphatic hydroxyl groups excluding tert-OH is 2. The van der Waals surface area contributed by atoms with Crippen molar-refractivity contribution in [3.8, 4) is 0 Å². The third-order valence-corrected chi connectivity index (χ3v) is 1.23. The molecule has 1 aliphatic rings. The number of epoxide rings is 1. The highest BCUT2D eigenvalue weighted by atomic mass is 16.6. The molecule has 0 radical (unpaired) electrons. The van der Waals surface area contributed by atoms with Crippen molar-refractivity contribution in [3.63, 3.8) is 0 Å². The van der Waals surface area contributed by atoms with Crippen LogP contribution >= 0.6 is 0 Å². The molecule has 2 atom stereocenters. The van der Waals surface area contributed by atoms with Crippen LogP contribution in [0.3, 0.4) is 0 Å². The van der Waals surface area contributed by atoms with Gasteiger partial charge in [-0.15, -0.1) is 0 Å². The summed E-state index contributed by atoms with van der Waals surface area (Å²) in [4.78, 5) is 0. The Kier molecular flexibility index (Phi) is 8.33. The molecule has 4 nitrogen and oxygen atoms in total. The van der Waals surface area contributed by atoms with Crippen molar-refractivity contribution >= 4 is 0 Å². The van der Waals surface area contributed by atoms with Crippen LogP contribution in [-0.4, -0.2) is 48.8 Å². The van der Waals surface area contributed by atoms with E-state index in [4.69, 9.17) is 19.7 Å². The topological polar surface area (TPSA) is 62.2 Å². The van der Waals surface area contributed by atoms with Gasteiger partial charge in [0.2, 0.25) is 0 Å². The lowest BCUT2D eigenvalue weighted by Crippen LogP contribution is -2.20. The van der Waals surface area contributed by atoms with Crippen LogP contribution in [0.2, 0.25) is 0 Å². The predicted molar refractivity (Wildman–Crippen MR) is 49.6 cm³/mol. The zero-order valence-electron chi connectivity index (χ0n) is 8.40. The lowest BCUT2D eigenvalue weighted by atomic mass is 10.4. The van der Waals surface area contributed by atoms with E-state index in [2.05, 4.69) is 13.8 Å². The Labute approximate surface area is 79.5 Å². The molecule has 1 fully saturated rings. The Morgan fingerprint density at radius 2 is 2.08 bits per heavy atom. The summed E-state index contributed by atoms with van der Waals surface area (Å²) >= 11 is 0. The summed E-state index contributed by atoms with van der Waals surface area (Å²) in [5.41, 5.74) is 0. The van der Waals surface area contributed by atoms with E-state index in [1.54, 1.807) is 0 Å². The molecule has 2 unspecified atom stereocenters. The Hall–Kier alpha value is -0.160. The summed E-state index contributed by atoms with van der Waals surface area (Å²) in [6, 6.07) is 0. The second-order valence-corrected chi connectivity index (χ2v) is 3.04. The summed E-state index contributed by atoms with van der Waals surface area (Å²) < 4.78 is 9.83. The summed E-state index contributed by atoms with van der Waals surface area (Å²) in [7, 11) is 0. The van der Waals surface area contributed by atoms with Crippen LogP contribution in [0.15, 0.2) is 0 Å². The quantitative estimate of drug-likeness (QED) is 0.610. The van der Waals surface area contributed by atoms with E-state index in [0.717, 1.165) is 6.61 Å². The number of hydrogen-bond donors (Lipinski definition) is 2. The molecule has 0 aliphatic carbocycles. The summed E-state index contributed by atoms with van der Waals surface area (Å²) in [6.07, 6.45) is 0.727. The Morgan fingerprint density at radius 1 is 1.54 bits per heavy atom. The first-order valence-electron chi connectivity index (χ1n) is 4.72. The van der Waals surface area contributed by atoms with Gasteiger partial charge in [0.15, 0.2) is 0 Å². The van der Waals surface area contributed by atoms with Gasteiger partial charge in [-0.3, -0.25) is 0 Å². The minimum Gasteiger partial charge on any atom is -0.394 e. The first-order valence-corrected chi connectivity index (χ1v) is 4.72. The van der Waals surface area contributed by atoms with Crippen molar-refractivity contribution in [2.75, 3.05) is 26.4 Å². The van der Waals surface area contributed by atoms with E-state index >= 15 is 0 Å². The Balaban J connectivity index is 0.000000424. The van der Waals surface area contributed by atoms with E-state index in [1.165, 1.54) is 6.42 Å². The van der Waals surface area contributed by atoms with E-state index in [-0.39, 0.29) is 19.3 Å². The van der Waals surface area contributed by atoms with E-state index < -0.39 is 6.10 Å². The highest BCUT2D eigenvalue weighted by Crippen LogP contribution is 2.08. The molecule has 80 valence electrons. The van der Waals surface area contributed by atoms with Crippen LogP contribution in [-0.2, 0) is 9.47 Å². The minimum absolute atomic E-state index is 0.191. The molecule has 1 saturated heterocycles. The molecule has 0 aromatic heterocycles. The van der Waals surface area contributed by atoms with Crippen molar-refractivity contribution < 1.29 is 19.7 Å². The van der Waals surface area contributed by atoms with Gasteiger partial charge in [-0.2, -0.15) is 0 Å². The van der Waals surface area contributed by atoms with Crippen molar-refractivity contribution in [1.82, 2.24) is 0 Å². The van der Waals surface area contributed by atoms with Gasteiger partial charge >= 0.3 is 0 Å².